The first-order chi connectivity index (χ1) is 11.7. The van der Waals surface area contributed by atoms with Gasteiger partial charge in [0.2, 0.25) is 11.8 Å². The predicted octanol–water partition coefficient (Wildman–Crippen LogP) is 1.38. The quantitative estimate of drug-likeness (QED) is 0.631. The van der Waals surface area contributed by atoms with Crippen molar-refractivity contribution in [2.75, 3.05) is 37.7 Å². The molecule has 3 aliphatic rings. The van der Waals surface area contributed by atoms with Crippen molar-refractivity contribution in [3.8, 4) is 0 Å². The Labute approximate surface area is 153 Å². The van der Waals surface area contributed by atoms with Gasteiger partial charge in [-0.25, -0.2) is 0 Å². The van der Waals surface area contributed by atoms with Gasteiger partial charge in [0, 0.05) is 36.6 Å². The van der Waals surface area contributed by atoms with Gasteiger partial charge in [-0.1, -0.05) is 0 Å². The lowest BCUT2D eigenvalue weighted by Crippen LogP contribution is -2.47. The molecule has 0 aromatic carbocycles. The van der Waals surface area contributed by atoms with Gasteiger partial charge in [0.1, 0.15) is 0 Å². The Morgan fingerprint density at radius 1 is 1.04 bits per heavy atom. The van der Waals surface area contributed by atoms with Crippen molar-refractivity contribution in [2.45, 2.75) is 49.0 Å². The molecule has 3 unspecified atom stereocenters. The van der Waals surface area contributed by atoms with E-state index in [2.05, 4.69) is 16.0 Å². The summed E-state index contributed by atoms with van der Waals surface area (Å²) < 4.78 is 0. The molecule has 24 heavy (non-hydrogen) atoms. The second-order valence-corrected chi connectivity index (χ2v) is 9.98. The van der Waals surface area contributed by atoms with Crippen LogP contribution in [0, 0.1) is 5.41 Å². The number of hydrogen-bond acceptors (Lipinski definition) is 5. The number of thioether (sulfide) groups is 2. The molecule has 7 heteroatoms. The van der Waals surface area contributed by atoms with Gasteiger partial charge in [-0.15, -0.1) is 0 Å². The van der Waals surface area contributed by atoms with Crippen LogP contribution in [0.3, 0.4) is 0 Å². The van der Waals surface area contributed by atoms with Crippen LogP contribution in [0.5, 0.6) is 0 Å². The number of carbonyl (C=O) groups is 2. The summed E-state index contributed by atoms with van der Waals surface area (Å²) in [6.07, 6.45) is 5.94. The van der Waals surface area contributed by atoms with Gasteiger partial charge >= 0.3 is 0 Å². The molecular weight excluding hydrogens is 342 g/mol. The van der Waals surface area contributed by atoms with Crippen LogP contribution in [0.15, 0.2) is 0 Å². The fourth-order valence-corrected chi connectivity index (χ4v) is 6.17. The Bertz CT molecular complexity index is 443. The fraction of sp³-hybridized carbons (Fsp3) is 0.882. The predicted molar refractivity (Wildman–Crippen MR) is 102 cm³/mol. The Balaban J connectivity index is 1.47. The maximum atomic E-state index is 12.8. The first-order valence-electron chi connectivity index (χ1n) is 9.17. The van der Waals surface area contributed by atoms with Crippen molar-refractivity contribution in [1.29, 1.82) is 0 Å². The normalized spacial score (nSPS) is 32.8. The van der Waals surface area contributed by atoms with E-state index < -0.39 is 5.41 Å². The van der Waals surface area contributed by atoms with E-state index in [9.17, 15) is 9.59 Å². The highest BCUT2D eigenvalue weighted by Crippen LogP contribution is 2.31. The minimum atomic E-state index is -0.559. The molecule has 3 saturated heterocycles. The van der Waals surface area contributed by atoms with Crippen LogP contribution >= 0.6 is 23.5 Å². The number of carbonyl (C=O) groups excluding carboxylic acids is 2. The molecule has 0 radical (unpaired) electrons. The molecule has 0 spiro atoms. The fourth-order valence-electron chi connectivity index (χ4n) is 3.77. The first-order valence-corrected chi connectivity index (χ1v) is 11.3. The van der Waals surface area contributed by atoms with E-state index in [0.717, 1.165) is 26.1 Å². The molecule has 0 bridgehead atoms. The van der Waals surface area contributed by atoms with Gasteiger partial charge in [0.25, 0.3) is 0 Å². The zero-order chi connectivity index (χ0) is 16.8. The van der Waals surface area contributed by atoms with Crippen molar-refractivity contribution < 1.29 is 9.59 Å². The lowest BCUT2D eigenvalue weighted by molar-refractivity contribution is -0.135. The minimum Gasteiger partial charge on any atom is -0.355 e. The highest BCUT2D eigenvalue weighted by molar-refractivity contribution is 8.00. The van der Waals surface area contributed by atoms with Gasteiger partial charge in [0.05, 0.1) is 5.41 Å². The molecule has 3 heterocycles. The highest BCUT2D eigenvalue weighted by atomic mass is 32.2. The van der Waals surface area contributed by atoms with E-state index in [1.807, 2.05) is 23.5 Å². The second-order valence-electron chi connectivity index (χ2n) is 7.17. The lowest BCUT2D eigenvalue weighted by Gasteiger charge is -2.27. The van der Waals surface area contributed by atoms with E-state index >= 15 is 0 Å². The molecule has 136 valence electrons. The maximum absolute atomic E-state index is 12.8. The largest absolute Gasteiger partial charge is 0.355 e. The standard InChI is InChI=1S/C17H29N3O2S2/c21-15(19-10-13-3-1-7-23-13)9-17(5-6-18-12-17)16(22)20-11-14-4-2-8-24-14/h13-14,18H,1-12H2,(H,19,21)(H,20,22). The molecular formula is C17H29N3O2S2. The third-order valence-electron chi connectivity index (χ3n) is 5.29. The lowest BCUT2D eigenvalue weighted by atomic mass is 9.82. The minimum absolute atomic E-state index is 0.0246. The molecule has 0 aliphatic carbocycles. The Morgan fingerprint density at radius 3 is 2.25 bits per heavy atom. The third kappa shape index (κ3) is 4.82. The number of nitrogens with one attached hydrogen (secondary N) is 3. The van der Waals surface area contributed by atoms with E-state index in [4.69, 9.17) is 0 Å². The van der Waals surface area contributed by atoms with Crippen LogP contribution in [0.25, 0.3) is 0 Å². The van der Waals surface area contributed by atoms with Gasteiger partial charge < -0.3 is 16.0 Å². The summed E-state index contributed by atoms with van der Waals surface area (Å²) in [5.41, 5.74) is -0.559. The van der Waals surface area contributed by atoms with Gasteiger partial charge in [-0.05, 0) is 50.2 Å². The van der Waals surface area contributed by atoms with E-state index in [1.54, 1.807) is 0 Å². The van der Waals surface area contributed by atoms with Crippen LogP contribution in [-0.2, 0) is 9.59 Å². The van der Waals surface area contributed by atoms with Crippen molar-refractivity contribution >= 4 is 35.3 Å². The van der Waals surface area contributed by atoms with Crippen molar-refractivity contribution in [1.82, 2.24) is 16.0 Å². The molecule has 5 nitrogen and oxygen atoms in total. The topological polar surface area (TPSA) is 70.2 Å². The summed E-state index contributed by atoms with van der Waals surface area (Å²) in [6.45, 7) is 2.92. The number of amides is 2. The average molecular weight is 372 g/mol. The molecule has 2 amide bonds. The zero-order valence-corrected chi connectivity index (χ0v) is 15.9. The Kier molecular flexibility index (Phi) is 6.75. The van der Waals surface area contributed by atoms with Crippen molar-refractivity contribution in [3.05, 3.63) is 0 Å². The summed E-state index contributed by atoms with van der Waals surface area (Å²) in [7, 11) is 0. The summed E-state index contributed by atoms with van der Waals surface area (Å²) in [5.74, 6) is 2.49. The molecule has 3 fully saturated rings. The molecule has 3 atom stereocenters. The maximum Gasteiger partial charge on any atom is 0.228 e. The van der Waals surface area contributed by atoms with Crippen LogP contribution in [0.2, 0.25) is 0 Å². The molecule has 3 rings (SSSR count). The Hall–Kier alpha value is -0.400. The highest BCUT2D eigenvalue weighted by Gasteiger charge is 2.43. The summed E-state index contributed by atoms with van der Waals surface area (Å²) >= 11 is 3.90. The van der Waals surface area contributed by atoms with Crippen LogP contribution in [0.1, 0.15) is 38.5 Å². The molecule has 0 saturated carbocycles. The summed E-state index contributed by atoms with van der Waals surface area (Å²) in [4.78, 5) is 25.2. The van der Waals surface area contributed by atoms with Crippen molar-refractivity contribution in [3.63, 3.8) is 0 Å². The van der Waals surface area contributed by atoms with Crippen molar-refractivity contribution in [2.24, 2.45) is 5.41 Å². The first kappa shape index (κ1) is 18.4. The number of hydrogen-bond donors (Lipinski definition) is 3. The van der Waals surface area contributed by atoms with Crippen LogP contribution in [0.4, 0.5) is 0 Å². The Morgan fingerprint density at radius 2 is 1.71 bits per heavy atom. The molecule has 3 N–H and O–H groups in total. The average Bonchev–Trinajstić information content (AvgIpc) is 3.32. The SMILES string of the molecule is O=C(CC1(C(=O)NCC2CCCS2)CCNC1)NCC1CCCS1. The van der Waals surface area contributed by atoms with E-state index in [0.29, 0.717) is 23.5 Å². The molecule has 3 aliphatic heterocycles. The monoisotopic (exact) mass is 371 g/mol. The molecule has 0 aromatic heterocycles. The summed E-state index contributed by atoms with van der Waals surface area (Å²) in [6, 6.07) is 0. The zero-order valence-electron chi connectivity index (χ0n) is 14.3. The second kappa shape index (κ2) is 8.81. The molecule has 0 aromatic rings. The summed E-state index contributed by atoms with van der Waals surface area (Å²) in [5, 5.41) is 10.6. The van der Waals surface area contributed by atoms with Crippen LogP contribution < -0.4 is 16.0 Å². The van der Waals surface area contributed by atoms with E-state index in [1.165, 1.54) is 37.2 Å². The van der Waals surface area contributed by atoms with Gasteiger partial charge in [-0.2, -0.15) is 23.5 Å². The third-order valence-corrected chi connectivity index (χ3v) is 8.09. The van der Waals surface area contributed by atoms with Gasteiger partial charge in [-0.3, -0.25) is 9.59 Å². The van der Waals surface area contributed by atoms with Gasteiger partial charge in [0.15, 0.2) is 0 Å². The van der Waals surface area contributed by atoms with E-state index in [-0.39, 0.29) is 11.8 Å². The smallest absolute Gasteiger partial charge is 0.228 e. The van der Waals surface area contributed by atoms with Crippen LogP contribution in [-0.4, -0.2) is 60.0 Å². The number of rotatable bonds is 7.